The molecule has 0 aromatic rings. The molecular weight excluding hydrogens is 254 g/mol. The number of carbonyl (C=O) groups excluding carboxylic acids is 1. The number of allylic oxidation sites excluding steroid dienone is 3. The summed E-state index contributed by atoms with van der Waals surface area (Å²) in [6, 6.07) is 0. The highest BCUT2D eigenvalue weighted by Gasteiger charge is 2.03. The van der Waals surface area contributed by atoms with Gasteiger partial charge in [-0.05, 0) is 40.5 Å². The molecule has 0 aliphatic carbocycles. The summed E-state index contributed by atoms with van der Waals surface area (Å²) in [6.45, 7) is 9.11. The van der Waals surface area contributed by atoms with Crippen molar-refractivity contribution in [2.24, 2.45) is 0 Å². The van der Waals surface area contributed by atoms with E-state index in [9.17, 15) is 4.79 Å². The molecule has 0 aromatic carbocycles. The number of amides is 1. The Kier molecular flexibility index (Phi) is 10.8. The van der Waals surface area contributed by atoms with Gasteiger partial charge in [-0.25, -0.2) is 4.79 Å². The van der Waals surface area contributed by atoms with Gasteiger partial charge in [0.25, 0.3) is 0 Å². The van der Waals surface area contributed by atoms with Crippen LogP contribution in [0.25, 0.3) is 0 Å². The van der Waals surface area contributed by atoms with Gasteiger partial charge in [-0.3, -0.25) is 0 Å². The minimum Gasteiger partial charge on any atom is -0.449 e. The molecule has 0 radical (unpaired) electrons. The first-order valence-corrected chi connectivity index (χ1v) is 7.18. The van der Waals surface area contributed by atoms with Crippen molar-refractivity contribution in [3.05, 3.63) is 23.3 Å². The average Bonchev–Trinajstić information content (AvgIpc) is 2.38. The van der Waals surface area contributed by atoms with Crippen LogP contribution >= 0.6 is 0 Å². The van der Waals surface area contributed by atoms with E-state index in [0.29, 0.717) is 19.6 Å². The van der Waals surface area contributed by atoms with Crippen molar-refractivity contribution < 1.29 is 14.3 Å². The van der Waals surface area contributed by atoms with E-state index < -0.39 is 0 Å². The highest BCUT2D eigenvalue weighted by Crippen LogP contribution is 2.05. The van der Waals surface area contributed by atoms with Gasteiger partial charge < -0.3 is 14.8 Å². The van der Waals surface area contributed by atoms with Crippen LogP contribution in [0.15, 0.2) is 23.3 Å². The first kappa shape index (κ1) is 18.7. The molecule has 0 aliphatic heterocycles. The van der Waals surface area contributed by atoms with Crippen molar-refractivity contribution in [1.82, 2.24) is 5.32 Å². The lowest BCUT2D eigenvalue weighted by Crippen LogP contribution is -2.25. The molecular formula is C16H29NO3. The standard InChI is InChI=1S/C16H29NO3/c1-13(2)7-6-8-14(3)9-11-17-16(18)20-12-10-15(4)19-5/h7,9,15H,6,8,10-12H2,1-5H3,(H,17,18). The lowest BCUT2D eigenvalue weighted by molar-refractivity contribution is 0.0801. The lowest BCUT2D eigenvalue weighted by Gasteiger charge is -2.09. The van der Waals surface area contributed by atoms with Crippen LogP contribution in [0.1, 0.15) is 47.0 Å². The Morgan fingerprint density at radius 2 is 1.95 bits per heavy atom. The zero-order valence-corrected chi connectivity index (χ0v) is 13.5. The summed E-state index contributed by atoms with van der Waals surface area (Å²) in [7, 11) is 1.65. The van der Waals surface area contributed by atoms with Gasteiger partial charge in [-0.2, -0.15) is 0 Å². The molecule has 0 saturated heterocycles. The third-order valence-corrected chi connectivity index (χ3v) is 2.95. The Morgan fingerprint density at radius 1 is 1.25 bits per heavy atom. The fourth-order valence-electron chi connectivity index (χ4n) is 1.49. The average molecular weight is 283 g/mol. The zero-order valence-electron chi connectivity index (χ0n) is 13.5. The predicted octanol–water partition coefficient (Wildman–Crippen LogP) is 3.83. The number of rotatable bonds is 9. The molecule has 0 fully saturated rings. The molecule has 4 heteroatoms. The monoisotopic (exact) mass is 283 g/mol. The highest BCUT2D eigenvalue weighted by molar-refractivity contribution is 5.67. The number of hydrogen-bond acceptors (Lipinski definition) is 3. The maximum Gasteiger partial charge on any atom is 0.407 e. The van der Waals surface area contributed by atoms with E-state index in [1.54, 1.807) is 7.11 Å². The normalized spacial score (nSPS) is 12.8. The quantitative estimate of drug-likeness (QED) is 0.654. The van der Waals surface area contributed by atoms with E-state index in [1.165, 1.54) is 11.1 Å². The van der Waals surface area contributed by atoms with Crippen molar-refractivity contribution in [1.29, 1.82) is 0 Å². The van der Waals surface area contributed by atoms with Crippen LogP contribution in [0.3, 0.4) is 0 Å². The van der Waals surface area contributed by atoms with Crippen LogP contribution < -0.4 is 5.32 Å². The summed E-state index contributed by atoms with van der Waals surface area (Å²) in [4.78, 5) is 11.4. The second-order valence-electron chi connectivity index (χ2n) is 5.22. The van der Waals surface area contributed by atoms with E-state index >= 15 is 0 Å². The summed E-state index contributed by atoms with van der Waals surface area (Å²) in [5, 5.41) is 2.71. The third kappa shape index (κ3) is 11.8. The SMILES string of the molecule is COC(C)CCOC(=O)NCC=C(C)CCC=C(C)C. The molecule has 1 atom stereocenters. The molecule has 116 valence electrons. The molecule has 1 unspecified atom stereocenters. The molecule has 0 heterocycles. The number of alkyl carbamates (subject to hydrolysis) is 1. The Hall–Kier alpha value is -1.29. The van der Waals surface area contributed by atoms with Gasteiger partial charge >= 0.3 is 6.09 Å². The van der Waals surface area contributed by atoms with Crippen LogP contribution in [-0.4, -0.2) is 32.5 Å². The number of methoxy groups -OCH3 is 1. The van der Waals surface area contributed by atoms with Crippen molar-refractivity contribution in [3.8, 4) is 0 Å². The summed E-state index contributed by atoms with van der Waals surface area (Å²) < 4.78 is 10.1. The minimum absolute atomic E-state index is 0.111. The smallest absolute Gasteiger partial charge is 0.407 e. The second-order valence-corrected chi connectivity index (χ2v) is 5.22. The second kappa shape index (κ2) is 11.5. The Morgan fingerprint density at radius 3 is 2.55 bits per heavy atom. The molecule has 0 spiro atoms. The van der Waals surface area contributed by atoms with E-state index in [2.05, 4.69) is 32.2 Å². The zero-order chi connectivity index (χ0) is 15.4. The van der Waals surface area contributed by atoms with Crippen LogP contribution in [0, 0.1) is 0 Å². The maximum absolute atomic E-state index is 11.4. The summed E-state index contributed by atoms with van der Waals surface area (Å²) in [5.74, 6) is 0. The van der Waals surface area contributed by atoms with Crippen LogP contribution in [0.5, 0.6) is 0 Å². The molecule has 4 nitrogen and oxygen atoms in total. The van der Waals surface area contributed by atoms with Gasteiger partial charge in [0.05, 0.1) is 12.7 Å². The fourth-order valence-corrected chi connectivity index (χ4v) is 1.49. The summed E-state index contributed by atoms with van der Waals surface area (Å²) in [6.07, 6.45) is 6.76. The van der Waals surface area contributed by atoms with Crippen molar-refractivity contribution in [3.63, 3.8) is 0 Å². The van der Waals surface area contributed by atoms with E-state index in [0.717, 1.165) is 12.8 Å². The van der Waals surface area contributed by atoms with Crippen molar-refractivity contribution in [2.75, 3.05) is 20.3 Å². The van der Waals surface area contributed by atoms with Gasteiger partial charge in [0.2, 0.25) is 0 Å². The van der Waals surface area contributed by atoms with Crippen LogP contribution in [0.2, 0.25) is 0 Å². The first-order valence-electron chi connectivity index (χ1n) is 7.18. The molecule has 1 amide bonds. The van der Waals surface area contributed by atoms with Crippen molar-refractivity contribution in [2.45, 2.75) is 53.1 Å². The van der Waals surface area contributed by atoms with Gasteiger partial charge in [-0.1, -0.05) is 23.3 Å². The van der Waals surface area contributed by atoms with Gasteiger partial charge in [-0.15, -0.1) is 0 Å². The number of carbonyl (C=O) groups is 1. The van der Waals surface area contributed by atoms with Gasteiger partial charge in [0.15, 0.2) is 0 Å². The first-order chi connectivity index (χ1) is 9.45. The van der Waals surface area contributed by atoms with E-state index in [4.69, 9.17) is 9.47 Å². The van der Waals surface area contributed by atoms with Crippen LogP contribution in [-0.2, 0) is 9.47 Å². The minimum atomic E-state index is -0.373. The molecule has 0 saturated carbocycles. The van der Waals surface area contributed by atoms with Gasteiger partial charge in [0.1, 0.15) is 0 Å². The molecule has 1 N–H and O–H groups in total. The van der Waals surface area contributed by atoms with Crippen LogP contribution in [0.4, 0.5) is 4.79 Å². The maximum atomic E-state index is 11.4. The Bertz CT molecular complexity index is 331. The molecule has 0 rings (SSSR count). The number of hydrogen-bond donors (Lipinski definition) is 1. The highest BCUT2D eigenvalue weighted by atomic mass is 16.5. The number of ether oxygens (including phenoxy) is 2. The largest absolute Gasteiger partial charge is 0.449 e. The number of nitrogens with one attached hydrogen (secondary N) is 1. The summed E-state index contributed by atoms with van der Waals surface area (Å²) >= 11 is 0. The molecule has 0 bridgehead atoms. The lowest BCUT2D eigenvalue weighted by atomic mass is 10.1. The molecule has 20 heavy (non-hydrogen) atoms. The van der Waals surface area contributed by atoms with Crippen molar-refractivity contribution >= 4 is 6.09 Å². The topological polar surface area (TPSA) is 47.6 Å². The third-order valence-electron chi connectivity index (χ3n) is 2.95. The summed E-state index contributed by atoms with van der Waals surface area (Å²) in [5.41, 5.74) is 2.61. The Balaban J connectivity index is 3.70. The van der Waals surface area contributed by atoms with Gasteiger partial charge in [0, 0.05) is 20.1 Å². The fraction of sp³-hybridized carbons (Fsp3) is 0.688. The predicted molar refractivity (Wildman–Crippen MR) is 82.9 cm³/mol. The Labute approximate surface area is 123 Å². The van der Waals surface area contributed by atoms with E-state index in [-0.39, 0.29) is 12.2 Å². The molecule has 0 aliphatic rings. The van der Waals surface area contributed by atoms with E-state index in [1.807, 2.05) is 13.0 Å². The molecule has 0 aromatic heterocycles.